The molecule has 6 heteroatoms. The highest BCUT2D eigenvalue weighted by Gasteiger charge is 2.26. The van der Waals surface area contributed by atoms with Gasteiger partial charge in [0.25, 0.3) is 5.91 Å². The van der Waals surface area contributed by atoms with Gasteiger partial charge in [0, 0.05) is 26.1 Å². The molecule has 1 aromatic rings. The van der Waals surface area contributed by atoms with Crippen LogP contribution in [0.15, 0.2) is 18.2 Å². The van der Waals surface area contributed by atoms with Gasteiger partial charge in [-0.2, -0.15) is 0 Å². The fraction of sp³-hybridized carbons (Fsp3) is 0.467. The van der Waals surface area contributed by atoms with Gasteiger partial charge in [-0.15, -0.1) is 0 Å². The highest BCUT2D eigenvalue weighted by Crippen LogP contribution is 2.27. The number of hydrogen-bond acceptors (Lipinski definition) is 4. The summed E-state index contributed by atoms with van der Waals surface area (Å²) in [5, 5.41) is 2.89. The number of rotatable bonds is 3. The summed E-state index contributed by atoms with van der Waals surface area (Å²) in [5.74, 6) is 0.309. The normalized spacial score (nSPS) is 15.6. The van der Waals surface area contributed by atoms with Crippen LogP contribution in [0.2, 0.25) is 0 Å². The molecule has 0 atom stereocenters. The Morgan fingerprint density at radius 2 is 2.00 bits per heavy atom. The number of amides is 2. The van der Waals surface area contributed by atoms with E-state index in [2.05, 4.69) is 5.32 Å². The number of ether oxygens (including phenoxy) is 1. The molecule has 1 aromatic carbocycles. The van der Waals surface area contributed by atoms with Gasteiger partial charge in [0.1, 0.15) is 0 Å². The van der Waals surface area contributed by atoms with E-state index in [0.717, 1.165) is 12.8 Å². The summed E-state index contributed by atoms with van der Waals surface area (Å²) in [5.41, 5.74) is 6.77. The Morgan fingerprint density at radius 3 is 2.57 bits per heavy atom. The fourth-order valence-electron chi connectivity index (χ4n) is 2.64. The van der Waals surface area contributed by atoms with E-state index in [-0.39, 0.29) is 17.9 Å². The minimum atomic E-state index is -0.0829. The predicted octanol–water partition coefficient (Wildman–Crippen LogP) is 1.02. The number of nitrogens with two attached hydrogens (primary N) is 1. The number of likely N-dealkylation sites (tertiary alicyclic amines) is 1. The number of benzene rings is 1. The monoisotopic (exact) mass is 291 g/mol. The molecule has 0 saturated carbocycles. The number of para-hydroxylation sites is 1. The van der Waals surface area contributed by atoms with Crippen molar-refractivity contribution in [2.24, 2.45) is 0 Å². The fourth-order valence-corrected chi connectivity index (χ4v) is 2.64. The third-order valence-corrected chi connectivity index (χ3v) is 3.67. The third-order valence-electron chi connectivity index (χ3n) is 3.67. The molecule has 3 N–H and O–H groups in total. The summed E-state index contributed by atoms with van der Waals surface area (Å²) >= 11 is 0. The standard InChI is InChI=1S/C15H21N3O3/c1-10(19)17-11-6-8-18(9-7-11)15(20)12-4-3-5-13(16)14(12)21-2/h3-5,11H,6-9,16H2,1-2H3,(H,17,19). The number of carbonyl (C=O) groups excluding carboxylic acids is 2. The Balaban J connectivity index is 2.06. The van der Waals surface area contributed by atoms with Crippen molar-refractivity contribution in [3.05, 3.63) is 23.8 Å². The highest BCUT2D eigenvalue weighted by atomic mass is 16.5. The topological polar surface area (TPSA) is 84.7 Å². The van der Waals surface area contributed by atoms with Crippen molar-refractivity contribution in [1.29, 1.82) is 0 Å². The molecule has 0 radical (unpaired) electrons. The summed E-state index contributed by atoms with van der Waals surface area (Å²) < 4.78 is 5.23. The van der Waals surface area contributed by atoms with Crippen molar-refractivity contribution in [3.8, 4) is 5.75 Å². The lowest BCUT2D eigenvalue weighted by Gasteiger charge is -2.32. The van der Waals surface area contributed by atoms with Gasteiger partial charge < -0.3 is 20.7 Å². The van der Waals surface area contributed by atoms with Crippen LogP contribution in [0, 0.1) is 0 Å². The molecule has 2 amide bonds. The summed E-state index contributed by atoms with van der Waals surface area (Å²) in [6.07, 6.45) is 1.52. The molecule has 0 unspecified atom stereocenters. The SMILES string of the molecule is COc1c(N)cccc1C(=O)N1CCC(NC(C)=O)CC1. The number of anilines is 1. The number of hydrogen-bond donors (Lipinski definition) is 2. The lowest BCUT2D eigenvalue weighted by Crippen LogP contribution is -2.46. The van der Waals surface area contributed by atoms with Gasteiger partial charge in [-0.1, -0.05) is 6.07 Å². The van der Waals surface area contributed by atoms with E-state index in [0.29, 0.717) is 30.1 Å². The van der Waals surface area contributed by atoms with E-state index < -0.39 is 0 Å². The maximum atomic E-state index is 12.6. The van der Waals surface area contributed by atoms with Crippen molar-refractivity contribution >= 4 is 17.5 Å². The number of methoxy groups -OCH3 is 1. The van der Waals surface area contributed by atoms with E-state index in [1.165, 1.54) is 14.0 Å². The van der Waals surface area contributed by atoms with Crippen LogP contribution in [0.3, 0.4) is 0 Å². The summed E-state index contributed by atoms with van der Waals surface area (Å²) in [4.78, 5) is 25.4. The molecular weight excluding hydrogens is 270 g/mol. The van der Waals surface area contributed by atoms with Gasteiger partial charge in [0.05, 0.1) is 18.4 Å². The first-order valence-corrected chi connectivity index (χ1v) is 7.01. The molecule has 0 spiro atoms. The zero-order valence-corrected chi connectivity index (χ0v) is 12.4. The number of nitrogens with one attached hydrogen (secondary N) is 1. The van der Waals surface area contributed by atoms with Crippen LogP contribution in [0.25, 0.3) is 0 Å². The molecule has 1 heterocycles. The Morgan fingerprint density at radius 1 is 1.33 bits per heavy atom. The van der Waals surface area contributed by atoms with Crippen LogP contribution in [0.5, 0.6) is 5.75 Å². The molecule has 0 aromatic heterocycles. The average molecular weight is 291 g/mol. The molecule has 1 saturated heterocycles. The average Bonchev–Trinajstić information content (AvgIpc) is 2.46. The first-order chi connectivity index (χ1) is 10.0. The van der Waals surface area contributed by atoms with E-state index in [1.807, 2.05) is 0 Å². The predicted molar refractivity (Wildman–Crippen MR) is 80.1 cm³/mol. The molecular formula is C15H21N3O3. The lowest BCUT2D eigenvalue weighted by atomic mass is 10.0. The lowest BCUT2D eigenvalue weighted by molar-refractivity contribution is -0.119. The number of carbonyl (C=O) groups is 2. The molecule has 0 aliphatic carbocycles. The first-order valence-electron chi connectivity index (χ1n) is 7.01. The Labute approximate surface area is 124 Å². The second-order valence-corrected chi connectivity index (χ2v) is 5.20. The van der Waals surface area contributed by atoms with Crippen LogP contribution < -0.4 is 15.8 Å². The summed E-state index contributed by atoms with van der Waals surface area (Å²) in [7, 11) is 1.51. The van der Waals surface area contributed by atoms with Crippen molar-refractivity contribution in [1.82, 2.24) is 10.2 Å². The van der Waals surface area contributed by atoms with Crippen molar-refractivity contribution in [3.63, 3.8) is 0 Å². The molecule has 2 rings (SSSR count). The van der Waals surface area contributed by atoms with Crippen molar-refractivity contribution in [2.45, 2.75) is 25.8 Å². The van der Waals surface area contributed by atoms with E-state index in [4.69, 9.17) is 10.5 Å². The van der Waals surface area contributed by atoms with Gasteiger partial charge in [0.2, 0.25) is 5.91 Å². The molecule has 1 fully saturated rings. The van der Waals surface area contributed by atoms with Crippen molar-refractivity contribution < 1.29 is 14.3 Å². The molecule has 1 aliphatic heterocycles. The van der Waals surface area contributed by atoms with Gasteiger partial charge in [-0.05, 0) is 25.0 Å². The second-order valence-electron chi connectivity index (χ2n) is 5.20. The Hall–Kier alpha value is -2.24. The van der Waals surface area contributed by atoms with Gasteiger partial charge >= 0.3 is 0 Å². The maximum Gasteiger partial charge on any atom is 0.257 e. The third kappa shape index (κ3) is 3.45. The largest absolute Gasteiger partial charge is 0.494 e. The minimum Gasteiger partial charge on any atom is -0.494 e. The number of piperidine rings is 1. The second kappa shape index (κ2) is 6.47. The quantitative estimate of drug-likeness (QED) is 0.814. The number of nitrogens with zero attached hydrogens (tertiary/aromatic N) is 1. The van der Waals surface area contributed by atoms with E-state index in [1.54, 1.807) is 23.1 Å². The zero-order chi connectivity index (χ0) is 15.4. The van der Waals surface area contributed by atoms with Gasteiger partial charge in [-0.3, -0.25) is 9.59 Å². The first kappa shape index (κ1) is 15.2. The van der Waals surface area contributed by atoms with Crippen LogP contribution in [-0.2, 0) is 4.79 Å². The van der Waals surface area contributed by atoms with Crippen molar-refractivity contribution in [2.75, 3.05) is 25.9 Å². The smallest absolute Gasteiger partial charge is 0.257 e. The van der Waals surface area contributed by atoms with E-state index in [9.17, 15) is 9.59 Å². The van der Waals surface area contributed by atoms with E-state index >= 15 is 0 Å². The molecule has 21 heavy (non-hydrogen) atoms. The summed E-state index contributed by atoms with van der Waals surface area (Å²) in [6, 6.07) is 5.32. The zero-order valence-electron chi connectivity index (χ0n) is 12.4. The van der Waals surface area contributed by atoms with Crippen LogP contribution in [0.4, 0.5) is 5.69 Å². The molecule has 6 nitrogen and oxygen atoms in total. The highest BCUT2D eigenvalue weighted by molar-refractivity contribution is 5.98. The molecule has 114 valence electrons. The Bertz CT molecular complexity index is 537. The van der Waals surface area contributed by atoms with Crippen LogP contribution in [-0.4, -0.2) is 43.0 Å². The van der Waals surface area contributed by atoms with Crippen LogP contribution >= 0.6 is 0 Å². The maximum absolute atomic E-state index is 12.6. The minimum absolute atomic E-state index is 0.0303. The Kier molecular flexibility index (Phi) is 4.67. The van der Waals surface area contributed by atoms with Crippen LogP contribution in [0.1, 0.15) is 30.1 Å². The number of nitrogen functional groups attached to an aromatic ring is 1. The molecule has 1 aliphatic rings. The van der Waals surface area contributed by atoms with Gasteiger partial charge in [0.15, 0.2) is 5.75 Å². The summed E-state index contributed by atoms with van der Waals surface area (Å²) in [6.45, 7) is 2.73. The molecule has 0 bridgehead atoms. The van der Waals surface area contributed by atoms with Gasteiger partial charge in [-0.25, -0.2) is 0 Å².